The third kappa shape index (κ3) is 4.48. The topological polar surface area (TPSA) is 61.4 Å². The van der Waals surface area contributed by atoms with Gasteiger partial charge in [0.15, 0.2) is 0 Å². The number of anilines is 1. The van der Waals surface area contributed by atoms with E-state index in [-0.39, 0.29) is 18.0 Å². The van der Waals surface area contributed by atoms with Gasteiger partial charge in [0.25, 0.3) is 0 Å². The maximum atomic E-state index is 12.1. The number of aryl methyl sites for hydroxylation is 1. The number of nitrogens with zero attached hydrogens (tertiary/aromatic N) is 1. The summed E-state index contributed by atoms with van der Waals surface area (Å²) in [5.74, 6) is 0.0557. The van der Waals surface area contributed by atoms with E-state index in [1.807, 2.05) is 31.2 Å². The average Bonchev–Trinajstić information content (AvgIpc) is 2.85. The third-order valence-electron chi connectivity index (χ3n) is 3.87. The molecule has 0 aliphatic carbocycles. The summed E-state index contributed by atoms with van der Waals surface area (Å²) in [5, 5.41) is 5.73. The van der Waals surface area contributed by atoms with Gasteiger partial charge in [-0.15, -0.1) is 0 Å². The molecule has 1 aromatic rings. The van der Waals surface area contributed by atoms with Crippen LogP contribution in [0.4, 0.5) is 10.5 Å². The van der Waals surface area contributed by atoms with Crippen LogP contribution in [0.2, 0.25) is 0 Å². The number of rotatable bonds is 6. The van der Waals surface area contributed by atoms with Gasteiger partial charge in [-0.2, -0.15) is 0 Å². The predicted octanol–water partition coefficient (Wildman–Crippen LogP) is 2.59. The van der Waals surface area contributed by atoms with Crippen molar-refractivity contribution in [3.05, 3.63) is 29.8 Å². The zero-order valence-corrected chi connectivity index (χ0v) is 13.4. The molecule has 2 rings (SSSR count). The van der Waals surface area contributed by atoms with Crippen molar-refractivity contribution in [2.24, 2.45) is 0 Å². The van der Waals surface area contributed by atoms with E-state index in [0.29, 0.717) is 19.5 Å². The number of carbonyl (C=O) groups is 2. The average molecular weight is 303 g/mol. The van der Waals surface area contributed by atoms with Crippen molar-refractivity contribution in [3.63, 3.8) is 0 Å². The minimum Gasteiger partial charge on any atom is -0.338 e. The first-order chi connectivity index (χ1) is 10.6. The molecule has 0 spiro atoms. The molecule has 0 bridgehead atoms. The first kappa shape index (κ1) is 16.3. The number of unbranched alkanes of at least 4 members (excludes halogenated alkanes) is 2. The van der Waals surface area contributed by atoms with Crippen molar-refractivity contribution >= 4 is 17.6 Å². The molecule has 120 valence electrons. The molecule has 2 N–H and O–H groups in total. The minimum atomic E-state index is -0.181. The quantitative estimate of drug-likeness (QED) is 0.794. The molecule has 1 unspecified atom stereocenters. The Morgan fingerprint density at radius 3 is 2.68 bits per heavy atom. The molecule has 1 aliphatic heterocycles. The van der Waals surface area contributed by atoms with Crippen LogP contribution in [-0.4, -0.2) is 31.1 Å². The largest absolute Gasteiger partial charge is 0.338 e. The van der Waals surface area contributed by atoms with E-state index in [1.54, 1.807) is 4.90 Å². The van der Waals surface area contributed by atoms with Crippen molar-refractivity contribution in [2.45, 2.75) is 45.6 Å². The Hall–Kier alpha value is -2.04. The molecule has 1 aliphatic rings. The molecular formula is C17H25N3O2. The molecule has 5 heteroatoms. The molecule has 1 fully saturated rings. The monoisotopic (exact) mass is 303 g/mol. The van der Waals surface area contributed by atoms with Gasteiger partial charge in [-0.25, -0.2) is 4.79 Å². The van der Waals surface area contributed by atoms with Crippen molar-refractivity contribution in [2.75, 3.05) is 18.0 Å². The van der Waals surface area contributed by atoms with Gasteiger partial charge in [-0.3, -0.25) is 4.79 Å². The van der Waals surface area contributed by atoms with E-state index in [9.17, 15) is 9.59 Å². The SMILES string of the molecule is CCCCCNC(=O)NC1CC(=O)N(c2ccc(C)cc2)C1. The number of carbonyl (C=O) groups excluding carboxylic acids is 2. The number of benzene rings is 1. The highest BCUT2D eigenvalue weighted by atomic mass is 16.2. The zero-order valence-electron chi connectivity index (χ0n) is 13.4. The summed E-state index contributed by atoms with van der Waals surface area (Å²) in [4.78, 5) is 25.6. The second-order valence-electron chi connectivity index (χ2n) is 5.85. The molecule has 22 heavy (non-hydrogen) atoms. The maximum Gasteiger partial charge on any atom is 0.315 e. The van der Waals surface area contributed by atoms with E-state index in [1.165, 1.54) is 0 Å². The van der Waals surface area contributed by atoms with E-state index in [4.69, 9.17) is 0 Å². The smallest absolute Gasteiger partial charge is 0.315 e. The summed E-state index contributed by atoms with van der Waals surface area (Å²) in [6.45, 7) is 5.36. The Balaban J connectivity index is 1.82. The normalized spacial score (nSPS) is 17.6. The molecular weight excluding hydrogens is 278 g/mol. The number of urea groups is 1. The van der Waals surface area contributed by atoms with Crippen molar-refractivity contribution < 1.29 is 9.59 Å². The first-order valence-corrected chi connectivity index (χ1v) is 8.01. The van der Waals surface area contributed by atoms with Gasteiger partial charge in [0.2, 0.25) is 5.91 Å². The third-order valence-corrected chi connectivity index (χ3v) is 3.87. The Morgan fingerprint density at radius 1 is 1.27 bits per heavy atom. The standard InChI is InChI=1S/C17H25N3O2/c1-3-4-5-10-18-17(22)19-14-11-16(21)20(12-14)15-8-6-13(2)7-9-15/h6-9,14H,3-5,10-12H2,1-2H3,(H2,18,19,22). The van der Waals surface area contributed by atoms with Gasteiger partial charge in [0, 0.05) is 25.2 Å². The van der Waals surface area contributed by atoms with Gasteiger partial charge in [-0.1, -0.05) is 37.5 Å². The summed E-state index contributed by atoms with van der Waals surface area (Å²) in [6.07, 6.45) is 3.59. The molecule has 0 aromatic heterocycles. The van der Waals surface area contributed by atoms with E-state index in [2.05, 4.69) is 17.6 Å². The Kier molecular flexibility index (Phi) is 5.81. The van der Waals surface area contributed by atoms with E-state index < -0.39 is 0 Å². The molecule has 0 radical (unpaired) electrons. The lowest BCUT2D eigenvalue weighted by Gasteiger charge is -2.17. The minimum absolute atomic E-state index is 0.0557. The maximum absolute atomic E-state index is 12.1. The second kappa shape index (κ2) is 7.82. The van der Waals surface area contributed by atoms with Gasteiger partial charge < -0.3 is 15.5 Å². The fraction of sp³-hybridized carbons (Fsp3) is 0.529. The van der Waals surface area contributed by atoms with Crippen LogP contribution in [-0.2, 0) is 4.79 Å². The highest BCUT2D eigenvalue weighted by Gasteiger charge is 2.31. The summed E-state index contributed by atoms with van der Waals surface area (Å²) in [7, 11) is 0. The van der Waals surface area contributed by atoms with E-state index >= 15 is 0 Å². The molecule has 3 amide bonds. The molecule has 1 atom stereocenters. The summed E-state index contributed by atoms with van der Waals surface area (Å²) >= 11 is 0. The lowest BCUT2D eigenvalue weighted by Crippen LogP contribution is -2.43. The van der Waals surface area contributed by atoms with Crippen LogP contribution in [0.15, 0.2) is 24.3 Å². The van der Waals surface area contributed by atoms with E-state index in [0.717, 1.165) is 30.5 Å². The lowest BCUT2D eigenvalue weighted by molar-refractivity contribution is -0.117. The summed E-state index contributed by atoms with van der Waals surface area (Å²) in [6, 6.07) is 7.56. The molecule has 1 saturated heterocycles. The zero-order chi connectivity index (χ0) is 15.9. The number of amides is 3. The molecule has 1 aromatic carbocycles. The van der Waals surface area contributed by atoms with Gasteiger partial charge in [0.1, 0.15) is 0 Å². The van der Waals surface area contributed by atoms with Gasteiger partial charge in [-0.05, 0) is 25.5 Å². The predicted molar refractivity (Wildman–Crippen MR) is 88.0 cm³/mol. The van der Waals surface area contributed by atoms with Crippen LogP contribution in [0.1, 0.15) is 38.2 Å². The van der Waals surface area contributed by atoms with Crippen LogP contribution in [0.5, 0.6) is 0 Å². The molecule has 5 nitrogen and oxygen atoms in total. The lowest BCUT2D eigenvalue weighted by atomic mass is 10.2. The molecule has 0 saturated carbocycles. The summed E-state index contributed by atoms with van der Waals surface area (Å²) in [5.41, 5.74) is 2.06. The fourth-order valence-electron chi connectivity index (χ4n) is 2.59. The van der Waals surface area contributed by atoms with Crippen LogP contribution in [0, 0.1) is 6.92 Å². The Bertz CT molecular complexity index is 513. The highest BCUT2D eigenvalue weighted by Crippen LogP contribution is 2.21. The summed E-state index contributed by atoms with van der Waals surface area (Å²) < 4.78 is 0. The molecule has 1 heterocycles. The first-order valence-electron chi connectivity index (χ1n) is 8.01. The van der Waals surface area contributed by atoms with Crippen LogP contribution < -0.4 is 15.5 Å². The van der Waals surface area contributed by atoms with Crippen LogP contribution in [0.3, 0.4) is 0 Å². The van der Waals surface area contributed by atoms with Gasteiger partial charge in [0.05, 0.1) is 6.04 Å². The fourth-order valence-corrected chi connectivity index (χ4v) is 2.59. The van der Waals surface area contributed by atoms with Crippen molar-refractivity contribution in [1.29, 1.82) is 0 Å². The van der Waals surface area contributed by atoms with Crippen LogP contribution >= 0.6 is 0 Å². The van der Waals surface area contributed by atoms with Crippen LogP contribution in [0.25, 0.3) is 0 Å². The van der Waals surface area contributed by atoms with Crippen molar-refractivity contribution in [3.8, 4) is 0 Å². The Morgan fingerprint density at radius 2 is 2.00 bits per heavy atom. The van der Waals surface area contributed by atoms with Crippen molar-refractivity contribution in [1.82, 2.24) is 10.6 Å². The highest BCUT2D eigenvalue weighted by molar-refractivity contribution is 5.96. The number of hydrogen-bond acceptors (Lipinski definition) is 2. The number of nitrogens with one attached hydrogen (secondary N) is 2. The number of hydrogen-bond donors (Lipinski definition) is 2. The second-order valence-corrected chi connectivity index (χ2v) is 5.85. The van der Waals surface area contributed by atoms with Gasteiger partial charge >= 0.3 is 6.03 Å². The Labute approximate surface area is 132 Å².